The van der Waals surface area contributed by atoms with Crippen LogP contribution in [0.25, 0.3) is 0 Å². The molecule has 142 valence electrons. The van der Waals surface area contributed by atoms with Crippen LogP contribution in [-0.2, 0) is 6.42 Å². The molecule has 0 saturated heterocycles. The maximum Gasteiger partial charge on any atom is 0.271 e. The van der Waals surface area contributed by atoms with Crippen molar-refractivity contribution in [2.75, 3.05) is 11.9 Å². The van der Waals surface area contributed by atoms with Gasteiger partial charge in [0.05, 0.1) is 22.8 Å². The lowest BCUT2D eigenvalue weighted by molar-refractivity contribution is -0.384. The van der Waals surface area contributed by atoms with E-state index in [9.17, 15) is 14.9 Å². The lowest BCUT2D eigenvalue weighted by atomic mass is 10.1. The Morgan fingerprint density at radius 1 is 1.04 bits per heavy atom. The quantitative estimate of drug-likeness (QED) is 0.475. The summed E-state index contributed by atoms with van der Waals surface area (Å²) in [5.41, 5.74) is 2.59. The smallest absolute Gasteiger partial charge is 0.271 e. The summed E-state index contributed by atoms with van der Waals surface area (Å²) in [5.74, 6) is 0.0953. The molecule has 0 saturated carbocycles. The van der Waals surface area contributed by atoms with Gasteiger partial charge in [0.2, 0.25) is 0 Å². The van der Waals surface area contributed by atoms with E-state index in [0.29, 0.717) is 23.6 Å². The third-order valence-corrected chi connectivity index (χ3v) is 4.30. The van der Waals surface area contributed by atoms with E-state index in [2.05, 4.69) is 5.32 Å². The summed E-state index contributed by atoms with van der Waals surface area (Å²) in [6.07, 6.45) is 0.723. The number of aryl methyl sites for hydroxylation is 1. The van der Waals surface area contributed by atoms with Gasteiger partial charge in [0.15, 0.2) is 0 Å². The molecule has 3 rings (SSSR count). The van der Waals surface area contributed by atoms with Gasteiger partial charge in [-0.05, 0) is 30.2 Å². The summed E-state index contributed by atoms with van der Waals surface area (Å²) in [7, 11) is 0. The highest BCUT2D eigenvalue weighted by Crippen LogP contribution is 2.24. The first kappa shape index (κ1) is 19.1. The highest BCUT2D eigenvalue weighted by molar-refractivity contribution is 6.06. The minimum atomic E-state index is -0.490. The van der Waals surface area contributed by atoms with E-state index < -0.39 is 4.92 Å². The molecule has 0 aliphatic rings. The van der Waals surface area contributed by atoms with Crippen molar-refractivity contribution in [3.05, 3.63) is 99.6 Å². The van der Waals surface area contributed by atoms with E-state index in [0.717, 1.165) is 17.5 Å². The Balaban J connectivity index is 1.72. The molecule has 0 radical (unpaired) electrons. The van der Waals surface area contributed by atoms with Crippen LogP contribution in [0, 0.1) is 17.0 Å². The van der Waals surface area contributed by atoms with Gasteiger partial charge in [0.1, 0.15) is 5.75 Å². The zero-order valence-electron chi connectivity index (χ0n) is 15.4. The molecular formula is C22H20N2O4. The fraction of sp³-hybridized carbons (Fsp3) is 0.136. The van der Waals surface area contributed by atoms with Crippen molar-refractivity contribution in [1.29, 1.82) is 0 Å². The summed E-state index contributed by atoms with van der Waals surface area (Å²) in [6.45, 7) is 2.21. The van der Waals surface area contributed by atoms with Gasteiger partial charge in [0.25, 0.3) is 11.6 Å². The molecule has 0 bridgehead atoms. The second-order valence-corrected chi connectivity index (χ2v) is 6.29. The van der Waals surface area contributed by atoms with Crippen LogP contribution >= 0.6 is 0 Å². The van der Waals surface area contributed by atoms with Gasteiger partial charge in [-0.25, -0.2) is 0 Å². The molecule has 0 heterocycles. The van der Waals surface area contributed by atoms with Crippen LogP contribution < -0.4 is 10.1 Å². The summed E-state index contributed by atoms with van der Waals surface area (Å²) >= 11 is 0. The van der Waals surface area contributed by atoms with Crippen LogP contribution in [0.4, 0.5) is 11.4 Å². The minimum absolute atomic E-state index is 0.0757. The molecule has 0 aliphatic heterocycles. The number of anilines is 1. The van der Waals surface area contributed by atoms with Crippen LogP contribution in [0.1, 0.15) is 21.5 Å². The second-order valence-electron chi connectivity index (χ2n) is 6.29. The van der Waals surface area contributed by atoms with E-state index in [4.69, 9.17) is 4.74 Å². The van der Waals surface area contributed by atoms with Gasteiger partial charge >= 0.3 is 0 Å². The van der Waals surface area contributed by atoms with E-state index in [1.807, 2.05) is 30.3 Å². The van der Waals surface area contributed by atoms with Crippen molar-refractivity contribution < 1.29 is 14.5 Å². The van der Waals surface area contributed by atoms with E-state index in [1.54, 1.807) is 37.3 Å². The number of hydrogen-bond donors (Lipinski definition) is 1. The van der Waals surface area contributed by atoms with Gasteiger partial charge < -0.3 is 10.1 Å². The predicted octanol–water partition coefficient (Wildman–Crippen LogP) is 4.78. The van der Waals surface area contributed by atoms with Crippen LogP contribution in [0.15, 0.2) is 72.8 Å². The third-order valence-electron chi connectivity index (χ3n) is 4.30. The monoisotopic (exact) mass is 376 g/mol. The van der Waals surface area contributed by atoms with Gasteiger partial charge in [-0.1, -0.05) is 48.5 Å². The normalized spacial score (nSPS) is 10.3. The number of ether oxygens (including phenoxy) is 1. The molecule has 6 nitrogen and oxygen atoms in total. The maximum atomic E-state index is 12.7. The standard InChI is InChI=1S/C22H20N2O4/c1-16-11-12-18(24(26)27)15-20(16)23-22(25)19-9-5-6-10-21(19)28-14-13-17-7-3-2-4-8-17/h2-12,15H,13-14H2,1H3,(H,23,25). The van der Waals surface area contributed by atoms with E-state index in [1.165, 1.54) is 12.1 Å². The second kappa shape index (κ2) is 8.81. The molecule has 0 unspecified atom stereocenters. The number of carbonyl (C=O) groups excluding carboxylic acids is 1. The van der Waals surface area contributed by atoms with E-state index >= 15 is 0 Å². The number of nitro groups is 1. The Kier molecular flexibility index (Phi) is 6.01. The number of benzene rings is 3. The first-order valence-corrected chi connectivity index (χ1v) is 8.87. The fourth-order valence-electron chi connectivity index (χ4n) is 2.75. The fourth-order valence-corrected chi connectivity index (χ4v) is 2.75. The lowest BCUT2D eigenvalue weighted by Crippen LogP contribution is -2.15. The highest BCUT2D eigenvalue weighted by Gasteiger charge is 2.15. The van der Waals surface area contributed by atoms with E-state index in [-0.39, 0.29) is 11.6 Å². The zero-order valence-corrected chi connectivity index (χ0v) is 15.4. The predicted molar refractivity (Wildman–Crippen MR) is 108 cm³/mol. The molecule has 1 amide bonds. The Morgan fingerprint density at radius 2 is 1.75 bits per heavy atom. The summed E-state index contributed by atoms with van der Waals surface area (Å²) in [5, 5.41) is 13.7. The van der Waals surface area contributed by atoms with Gasteiger partial charge in [-0.3, -0.25) is 14.9 Å². The molecule has 3 aromatic carbocycles. The average Bonchev–Trinajstić information content (AvgIpc) is 2.70. The third kappa shape index (κ3) is 4.73. The van der Waals surface area contributed by atoms with Crippen LogP contribution in [0.3, 0.4) is 0 Å². The minimum Gasteiger partial charge on any atom is -0.492 e. The molecule has 1 N–H and O–H groups in total. The highest BCUT2D eigenvalue weighted by atomic mass is 16.6. The van der Waals surface area contributed by atoms with Gasteiger partial charge in [-0.15, -0.1) is 0 Å². The number of carbonyl (C=O) groups is 1. The van der Waals surface area contributed by atoms with Crippen molar-refractivity contribution in [1.82, 2.24) is 0 Å². The number of hydrogen-bond acceptors (Lipinski definition) is 4. The molecule has 6 heteroatoms. The molecular weight excluding hydrogens is 356 g/mol. The summed E-state index contributed by atoms with van der Waals surface area (Å²) < 4.78 is 5.82. The number of amides is 1. The topological polar surface area (TPSA) is 81.5 Å². The Hall–Kier alpha value is -3.67. The first-order chi connectivity index (χ1) is 13.5. The molecule has 0 aromatic heterocycles. The zero-order chi connectivity index (χ0) is 19.9. The number of rotatable bonds is 7. The lowest BCUT2D eigenvalue weighted by Gasteiger charge is -2.13. The first-order valence-electron chi connectivity index (χ1n) is 8.87. The van der Waals surface area contributed by atoms with Crippen LogP contribution in [0.2, 0.25) is 0 Å². The van der Waals surface area contributed by atoms with Crippen molar-refractivity contribution in [2.24, 2.45) is 0 Å². The van der Waals surface area contributed by atoms with Gasteiger partial charge in [-0.2, -0.15) is 0 Å². The Morgan fingerprint density at radius 3 is 2.50 bits per heavy atom. The SMILES string of the molecule is Cc1ccc([N+](=O)[O-])cc1NC(=O)c1ccccc1OCCc1ccccc1. The van der Waals surface area contributed by atoms with Crippen molar-refractivity contribution in [2.45, 2.75) is 13.3 Å². The van der Waals surface area contributed by atoms with Crippen molar-refractivity contribution in [3.63, 3.8) is 0 Å². The van der Waals surface area contributed by atoms with Crippen molar-refractivity contribution in [3.8, 4) is 5.75 Å². The maximum absolute atomic E-state index is 12.7. The molecule has 0 fully saturated rings. The Labute approximate surface area is 162 Å². The number of non-ortho nitro benzene ring substituents is 1. The summed E-state index contributed by atoms with van der Waals surface area (Å²) in [4.78, 5) is 23.2. The molecule has 3 aromatic rings. The molecule has 0 spiro atoms. The van der Waals surface area contributed by atoms with Crippen molar-refractivity contribution >= 4 is 17.3 Å². The largest absolute Gasteiger partial charge is 0.492 e. The molecule has 28 heavy (non-hydrogen) atoms. The van der Waals surface area contributed by atoms with Crippen LogP contribution in [-0.4, -0.2) is 17.4 Å². The average molecular weight is 376 g/mol. The summed E-state index contributed by atoms with van der Waals surface area (Å²) in [6, 6.07) is 21.3. The number of nitrogens with one attached hydrogen (secondary N) is 1. The number of nitrogens with zero attached hydrogens (tertiary/aromatic N) is 1. The Bertz CT molecular complexity index is 987. The molecule has 0 atom stereocenters. The number of para-hydroxylation sites is 1. The van der Waals surface area contributed by atoms with Gasteiger partial charge in [0, 0.05) is 18.6 Å². The molecule has 0 aliphatic carbocycles. The van der Waals surface area contributed by atoms with Crippen LogP contribution in [0.5, 0.6) is 5.75 Å². The number of nitro benzene ring substituents is 1.